The van der Waals surface area contributed by atoms with Gasteiger partial charge in [-0.1, -0.05) is 13.3 Å². The molecule has 0 saturated heterocycles. The Morgan fingerprint density at radius 1 is 1.47 bits per heavy atom. The molecule has 0 fully saturated rings. The van der Waals surface area contributed by atoms with E-state index in [1.807, 2.05) is 6.07 Å². The van der Waals surface area contributed by atoms with Crippen molar-refractivity contribution in [3.8, 4) is 0 Å². The second-order valence-corrected chi connectivity index (χ2v) is 5.02. The SMILES string of the molecule is CCCc1cc2c(=O)n(CCN)c(=O)[nH]c2s1. The summed E-state index contributed by atoms with van der Waals surface area (Å²) >= 11 is 1.48. The average Bonchev–Trinajstić information content (AvgIpc) is 2.67. The molecule has 0 aliphatic rings. The van der Waals surface area contributed by atoms with Crippen LogP contribution in [0.25, 0.3) is 10.2 Å². The van der Waals surface area contributed by atoms with Gasteiger partial charge in [0.2, 0.25) is 0 Å². The number of hydrogen-bond donors (Lipinski definition) is 2. The number of nitrogens with one attached hydrogen (secondary N) is 1. The van der Waals surface area contributed by atoms with E-state index in [0.29, 0.717) is 10.2 Å². The smallest absolute Gasteiger partial charge is 0.329 e. The molecule has 0 saturated carbocycles. The molecule has 2 aromatic heterocycles. The summed E-state index contributed by atoms with van der Waals surface area (Å²) in [6.45, 7) is 2.61. The highest BCUT2D eigenvalue weighted by Crippen LogP contribution is 2.21. The van der Waals surface area contributed by atoms with E-state index in [9.17, 15) is 9.59 Å². The summed E-state index contributed by atoms with van der Waals surface area (Å²) in [5, 5.41) is 0.589. The van der Waals surface area contributed by atoms with E-state index < -0.39 is 0 Å². The summed E-state index contributed by atoms with van der Waals surface area (Å²) in [6.07, 6.45) is 1.95. The Bertz CT molecular complexity index is 638. The van der Waals surface area contributed by atoms with Crippen LogP contribution in [0.4, 0.5) is 0 Å². The molecule has 0 unspecified atom stereocenters. The van der Waals surface area contributed by atoms with E-state index in [4.69, 9.17) is 5.73 Å². The number of aromatic nitrogens is 2. The van der Waals surface area contributed by atoms with Crippen LogP contribution >= 0.6 is 11.3 Å². The predicted molar refractivity (Wildman–Crippen MR) is 69.8 cm³/mol. The van der Waals surface area contributed by atoms with Crippen LogP contribution in [0.1, 0.15) is 18.2 Å². The fourth-order valence-corrected chi connectivity index (χ4v) is 2.94. The summed E-state index contributed by atoms with van der Waals surface area (Å²) < 4.78 is 1.16. The van der Waals surface area contributed by atoms with Gasteiger partial charge in [0.25, 0.3) is 5.56 Å². The fourth-order valence-electron chi connectivity index (χ4n) is 1.80. The highest BCUT2D eigenvalue weighted by Gasteiger charge is 2.10. The van der Waals surface area contributed by atoms with E-state index in [0.717, 1.165) is 22.3 Å². The highest BCUT2D eigenvalue weighted by molar-refractivity contribution is 7.18. The van der Waals surface area contributed by atoms with Crippen LogP contribution in [0.3, 0.4) is 0 Å². The molecule has 2 heterocycles. The first-order valence-electron chi connectivity index (χ1n) is 5.63. The van der Waals surface area contributed by atoms with Crippen molar-refractivity contribution in [1.82, 2.24) is 9.55 Å². The number of nitrogens with two attached hydrogens (primary N) is 1. The Morgan fingerprint density at radius 2 is 2.24 bits per heavy atom. The largest absolute Gasteiger partial charge is 0.329 e. The molecule has 2 aromatic rings. The normalized spacial score (nSPS) is 11.2. The van der Waals surface area contributed by atoms with Crippen LogP contribution in [0, 0.1) is 0 Å². The quantitative estimate of drug-likeness (QED) is 0.840. The van der Waals surface area contributed by atoms with Crippen LogP contribution in [-0.2, 0) is 13.0 Å². The van der Waals surface area contributed by atoms with Gasteiger partial charge in [-0.05, 0) is 12.5 Å². The Morgan fingerprint density at radius 3 is 2.88 bits per heavy atom. The molecular formula is C11H15N3O2S. The number of thiophene rings is 1. The van der Waals surface area contributed by atoms with E-state index in [-0.39, 0.29) is 24.3 Å². The number of rotatable bonds is 4. The predicted octanol–water partition coefficient (Wildman–Crippen LogP) is 0.662. The number of aromatic amines is 1. The number of nitrogens with zero attached hydrogens (tertiary/aromatic N) is 1. The maximum Gasteiger partial charge on any atom is 0.329 e. The van der Waals surface area contributed by atoms with Gasteiger partial charge in [0.15, 0.2) is 0 Å². The lowest BCUT2D eigenvalue weighted by Crippen LogP contribution is -2.36. The number of hydrogen-bond acceptors (Lipinski definition) is 4. The zero-order valence-corrected chi connectivity index (χ0v) is 10.5. The lowest BCUT2D eigenvalue weighted by atomic mass is 10.2. The first-order chi connectivity index (χ1) is 8.17. The monoisotopic (exact) mass is 253 g/mol. The fraction of sp³-hybridized carbons (Fsp3) is 0.455. The Kier molecular flexibility index (Phi) is 3.44. The van der Waals surface area contributed by atoms with Crippen LogP contribution in [0.15, 0.2) is 15.7 Å². The molecule has 0 spiro atoms. The maximum atomic E-state index is 12.1. The topological polar surface area (TPSA) is 80.9 Å². The first kappa shape index (κ1) is 12.1. The third-order valence-electron chi connectivity index (χ3n) is 2.57. The summed E-state index contributed by atoms with van der Waals surface area (Å²) in [4.78, 5) is 28.2. The van der Waals surface area contributed by atoms with Gasteiger partial charge in [0.05, 0.1) is 5.39 Å². The van der Waals surface area contributed by atoms with Crippen molar-refractivity contribution in [1.29, 1.82) is 0 Å². The summed E-state index contributed by atoms with van der Waals surface area (Å²) in [7, 11) is 0. The van der Waals surface area contributed by atoms with Crippen LogP contribution < -0.4 is 17.0 Å². The molecule has 0 amide bonds. The summed E-state index contributed by atoms with van der Waals surface area (Å²) in [5.41, 5.74) is 4.77. The third-order valence-corrected chi connectivity index (χ3v) is 3.68. The van der Waals surface area contributed by atoms with Gasteiger partial charge in [-0.25, -0.2) is 4.79 Å². The lowest BCUT2D eigenvalue weighted by Gasteiger charge is -2.00. The molecule has 0 aromatic carbocycles. The van der Waals surface area contributed by atoms with Crippen molar-refractivity contribution in [2.45, 2.75) is 26.3 Å². The molecule has 0 radical (unpaired) electrons. The Balaban J connectivity index is 2.65. The van der Waals surface area contributed by atoms with Gasteiger partial charge < -0.3 is 5.73 Å². The zero-order valence-electron chi connectivity index (χ0n) is 9.66. The average molecular weight is 253 g/mol. The third kappa shape index (κ3) is 2.18. The van der Waals surface area contributed by atoms with E-state index in [2.05, 4.69) is 11.9 Å². The van der Waals surface area contributed by atoms with Crippen molar-refractivity contribution >= 4 is 21.6 Å². The molecular weight excluding hydrogens is 238 g/mol. The van der Waals surface area contributed by atoms with Gasteiger partial charge in [0.1, 0.15) is 4.83 Å². The van der Waals surface area contributed by atoms with Gasteiger partial charge >= 0.3 is 5.69 Å². The van der Waals surface area contributed by atoms with Crippen molar-refractivity contribution in [2.75, 3.05) is 6.54 Å². The Labute approximate surface area is 102 Å². The standard InChI is InChI=1S/C11H15N3O2S/c1-2-3-7-6-8-9(17-7)13-11(16)14(5-4-12)10(8)15/h6H,2-5,12H2,1H3,(H,13,16). The molecule has 0 aliphatic carbocycles. The minimum absolute atomic E-state index is 0.243. The second kappa shape index (κ2) is 4.85. The van der Waals surface area contributed by atoms with Gasteiger partial charge in [-0.2, -0.15) is 0 Å². The van der Waals surface area contributed by atoms with Crippen LogP contribution in [-0.4, -0.2) is 16.1 Å². The molecule has 92 valence electrons. The zero-order chi connectivity index (χ0) is 12.4. The second-order valence-electron chi connectivity index (χ2n) is 3.88. The molecule has 0 aliphatic heterocycles. The van der Waals surface area contributed by atoms with E-state index in [1.54, 1.807) is 0 Å². The molecule has 6 heteroatoms. The minimum atomic E-state index is -0.377. The van der Waals surface area contributed by atoms with Gasteiger partial charge in [0, 0.05) is 18.0 Å². The number of H-pyrrole nitrogens is 1. The van der Waals surface area contributed by atoms with Crippen LogP contribution in [0.5, 0.6) is 0 Å². The molecule has 2 rings (SSSR count). The molecule has 3 N–H and O–H groups in total. The molecule has 5 nitrogen and oxygen atoms in total. The van der Waals surface area contributed by atoms with Gasteiger partial charge in [-0.15, -0.1) is 11.3 Å². The molecule has 17 heavy (non-hydrogen) atoms. The van der Waals surface area contributed by atoms with Crippen molar-refractivity contribution in [3.63, 3.8) is 0 Å². The maximum absolute atomic E-state index is 12.1. The van der Waals surface area contributed by atoms with Crippen molar-refractivity contribution in [3.05, 3.63) is 31.8 Å². The van der Waals surface area contributed by atoms with E-state index in [1.165, 1.54) is 11.3 Å². The summed E-state index contributed by atoms with van der Waals surface area (Å²) in [6, 6.07) is 1.87. The van der Waals surface area contributed by atoms with E-state index >= 15 is 0 Å². The Hall–Kier alpha value is -1.40. The van der Waals surface area contributed by atoms with Gasteiger partial charge in [-0.3, -0.25) is 14.3 Å². The number of aryl methyl sites for hydroxylation is 1. The molecule has 0 atom stereocenters. The highest BCUT2D eigenvalue weighted by atomic mass is 32.1. The van der Waals surface area contributed by atoms with Crippen molar-refractivity contribution < 1.29 is 0 Å². The minimum Gasteiger partial charge on any atom is -0.329 e. The van der Waals surface area contributed by atoms with Crippen molar-refractivity contribution in [2.24, 2.45) is 5.73 Å². The lowest BCUT2D eigenvalue weighted by molar-refractivity contribution is 0.647. The first-order valence-corrected chi connectivity index (χ1v) is 6.44. The van der Waals surface area contributed by atoms with Crippen LogP contribution in [0.2, 0.25) is 0 Å². The number of fused-ring (bicyclic) bond motifs is 1. The molecule has 0 bridgehead atoms. The summed E-state index contributed by atoms with van der Waals surface area (Å²) in [5.74, 6) is 0.